The van der Waals surface area contributed by atoms with Gasteiger partial charge in [-0.1, -0.05) is 0 Å². The topological polar surface area (TPSA) is 80.0 Å². The lowest BCUT2D eigenvalue weighted by Gasteiger charge is -2.08. The van der Waals surface area contributed by atoms with E-state index in [0.717, 1.165) is 0 Å². The van der Waals surface area contributed by atoms with Gasteiger partial charge in [-0.15, -0.1) is 0 Å². The number of hydrogen-bond acceptors (Lipinski definition) is 6. The summed E-state index contributed by atoms with van der Waals surface area (Å²) in [7, 11) is 3.15. The third-order valence-electron chi connectivity index (χ3n) is 2.58. The zero-order valence-corrected chi connectivity index (χ0v) is 11.9. The van der Waals surface area contributed by atoms with E-state index in [9.17, 15) is 4.79 Å². The number of anilines is 1. The second kappa shape index (κ2) is 9.17. The van der Waals surface area contributed by atoms with Crippen molar-refractivity contribution in [2.75, 3.05) is 46.4 Å². The fraction of sp³-hybridized carbons (Fsp3) is 0.500. The average Bonchev–Trinajstić information content (AvgIpc) is 2.45. The van der Waals surface area contributed by atoms with Crippen molar-refractivity contribution in [1.29, 1.82) is 0 Å². The number of rotatable bonds is 9. The van der Waals surface area contributed by atoms with Crippen LogP contribution >= 0.6 is 0 Å². The minimum absolute atomic E-state index is 0.289. The molecule has 6 nitrogen and oxygen atoms in total. The molecule has 0 spiro atoms. The highest BCUT2D eigenvalue weighted by Gasteiger charge is 2.11. The van der Waals surface area contributed by atoms with Crippen molar-refractivity contribution in [2.45, 2.75) is 6.42 Å². The van der Waals surface area contributed by atoms with E-state index in [0.29, 0.717) is 43.2 Å². The van der Waals surface area contributed by atoms with Crippen LogP contribution in [0.3, 0.4) is 0 Å². The van der Waals surface area contributed by atoms with Crippen molar-refractivity contribution >= 4 is 11.7 Å². The summed E-state index contributed by atoms with van der Waals surface area (Å²) >= 11 is 0. The first-order valence-electron chi connectivity index (χ1n) is 6.36. The summed E-state index contributed by atoms with van der Waals surface area (Å²) in [5, 5.41) is 0. The molecule has 1 aromatic rings. The fourth-order valence-electron chi connectivity index (χ4n) is 1.50. The molecule has 0 aromatic heterocycles. The first kappa shape index (κ1) is 16.3. The molecule has 0 fully saturated rings. The summed E-state index contributed by atoms with van der Waals surface area (Å²) in [4.78, 5) is 11.8. The van der Waals surface area contributed by atoms with Gasteiger partial charge < -0.3 is 24.7 Å². The van der Waals surface area contributed by atoms with Crippen molar-refractivity contribution in [3.8, 4) is 5.75 Å². The van der Waals surface area contributed by atoms with Gasteiger partial charge in [0.2, 0.25) is 0 Å². The van der Waals surface area contributed by atoms with Crippen LogP contribution in [0.1, 0.15) is 16.8 Å². The van der Waals surface area contributed by atoms with Crippen LogP contribution in [0.15, 0.2) is 18.2 Å². The maximum absolute atomic E-state index is 11.8. The van der Waals surface area contributed by atoms with Gasteiger partial charge in [0.1, 0.15) is 5.75 Å². The van der Waals surface area contributed by atoms with Gasteiger partial charge in [0.25, 0.3) is 0 Å². The molecule has 112 valence electrons. The Morgan fingerprint density at radius 1 is 1.15 bits per heavy atom. The Morgan fingerprint density at radius 3 is 2.60 bits per heavy atom. The zero-order valence-electron chi connectivity index (χ0n) is 11.9. The molecule has 1 rings (SSSR count). The van der Waals surface area contributed by atoms with Crippen molar-refractivity contribution in [3.05, 3.63) is 23.8 Å². The van der Waals surface area contributed by atoms with Gasteiger partial charge in [-0.25, -0.2) is 4.79 Å². The molecule has 0 bridgehead atoms. The van der Waals surface area contributed by atoms with Crippen molar-refractivity contribution in [1.82, 2.24) is 0 Å². The smallest absolute Gasteiger partial charge is 0.340 e. The van der Waals surface area contributed by atoms with E-state index in [1.54, 1.807) is 25.3 Å². The van der Waals surface area contributed by atoms with E-state index in [2.05, 4.69) is 0 Å². The molecule has 0 saturated heterocycles. The second-order valence-electron chi connectivity index (χ2n) is 4.05. The molecule has 20 heavy (non-hydrogen) atoms. The number of carbonyl (C=O) groups excluding carboxylic acids is 1. The van der Waals surface area contributed by atoms with Crippen LogP contribution in [0.5, 0.6) is 5.75 Å². The number of esters is 1. The van der Waals surface area contributed by atoms with Gasteiger partial charge in [0.05, 0.1) is 32.5 Å². The van der Waals surface area contributed by atoms with Crippen LogP contribution in [0.4, 0.5) is 5.69 Å². The molecule has 0 saturated carbocycles. The Hall–Kier alpha value is -1.79. The maximum Gasteiger partial charge on any atom is 0.340 e. The number of nitrogens with two attached hydrogens (primary N) is 1. The Morgan fingerprint density at radius 2 is 1.95 bits per heavy atom. The summed E-state index contributed by atoms with van der Waals surface area (Å²) in [5.41, 5.74) is 6.44. The quantitative estimate of drug-likeness (QED) is 0.420. The van der Waals surface area contributed by atoms with E-state index < -0.39 is 5.97 Å². The second-order valence-corrected chi connectivity index (χ2v) is 4.05. The largest absolute Gasteiger partial charge is 0.497 e. The molecule has 6 heteroatoms. The van der Waals surface area contributed by atoms with E-state index in [-0.39, 0.29) is 6.61 Å². The molecule has 0 radical (unpaired) electrons. The first-order valence-corrected chi connectivity index (χ1v) is 6.36. The summed E-state index contributed by atoms with van der Waals surface area (Å²) in [5.74, 6) is 0.160. The van der Waals surface area contributed by atoms with Crippen LogP contribution in [-0.4, -0.2) is 46.6 Å². The molecule has 0 aliphatic carbocycles. The van der Waals surface area contributed by atoms with Crippen molar-refractivity contribution in [3.63, 3.8) is 0 Å². The molecule has 1 aromatic carbocycles. The summed E-state index contributed by atoms with van der Waals surface area (Å²) in [6, 6.07) is 4.84. The number of carbonyl (C=O) groups is 1. The van der Waals surface area contributed by atoms with E-state index in [1.807, 2.05) is 0 Å². The molecular weight excluding hydrogens is 262 g/mol. The molecule has 2 N–H and O–H groups in total. The molecule has 0 unspecified atom stereocenters. The lowest BCUT2D eigenvalue weighted by atomic mass is 10.2. The van der Waals surface area contributed by atoms with E-state index in [4.69, 9.17) is 24.7 Å². The molecule has 0 aliphatic heterocycles. The van der Waals surface area contributed by atoms with Crippen LogP contribution in [0, 0.1) is 0 Å². The van der Waals surface area contributed by atoms with Crippen LogP contribution in [0.2, 0.25) is 0 Å². The molecule has 0 amide bonds. The lowest BCUT2D eigenvalue weighted by molar-refractivity contribution is 0.0386. The molecular formula is C14H21NO5. The number of benzene rings is 1. The first-order chi connectivity index (χ1) is 9.69. The van der Waals surface area contributed by atoms with Crippen LogP contribution < -0.4 is 10.5 Å². The monoisotopic (exact) mass is 283 g/mol. The minimum atomic E-state index is -0.443. The predicted molar refractivity (Wildman–Crippen MR) is 75.0 cm³/mol. The standard InChI is InChI=1S/C14H21NO5/c1-17-8-9-19-6-3-7-20-14(16)12-5-4-11(18-2)10-13(12)15/h4-5,10H,3,6-9,15H2,1-2H3. The van der Waals surface area contributed by atoms with Gasteiger partial charge >= 0.3 is 5.97 Å². The Balaban J connectivity index is 2.29. The number of hydrogen-bond donors (Lipinski definition) is 1. The van der Waals surface area contributed by atoms with E-state index >= 15 is 0 Å². The van der Waals surface area contributed by atoms with E-state index in [1.165, 1.54) is 7.11 Å². The Labute approximate surface area is 118 Å². The number of nitrogen functional groups attached to an aromatic ring is 1. The summed E-state index contributed by atoms with van der Waals surface area (Å²) < 4.78 is 20.2. The highest BCUT2D eigenvalue weighted by molar-refractivity contribution is 5.95. The number of ether oxygens (including phenoxy) is 4. The van der Waals surface area contributed by atoms with Gasteiger partial charge in [-0.3, -0.25) is 0 Å². The molecule has 0 aliphatic rings. The highest BCUT2D eigenvalue weighted by Crippen LogP contribution is 2.20. The third kappa shape index (κ3) is 5.46. The summed E-state index contributed by atoms with van der Waals surface area (Å²) in [6.45, 7) is 1.91. The van der Waals surface area contributed by atoms with Gasteiger partial charge in [-0.05, 0) is 12.1 Å². The maximum atomic E-state index is 11.8. The van der Waals surface area contributed by atoms with Crippen LogP contribution in [0.25, 0.3) is 0 Å². The van der Waals surface area contributed by atoms with Crippen LogP contribution in [-0.2, 0) is 14.2 Å². The van der Waals surface area contributed by atoms with Gasteiger partial charge in [0, 0.05) is 31.9 Å². The SMILES string of the molecule is COCCOCCCOC(=O)c1ccc(OC)cc1N. The zero-order chi connectivity index (χ0) is 14.8. The Bertz CT molecular complexity index is 422. The fourth-order valence-corrected chi connectivity index (χ4v) is 1.50. The lowest BCUT2D eigenvalue weighted by Crippen LogP contribution is -2.11. The minimum Gasteiger partial charge on any atom is -0.497 e. The highest BCUT2D eigenvalue weighted by atomic mass is 16.5. The molecule has 0 atom stereocenters. The number of methoxy groups -OCH3 is 2. The average molecular weight is 283 g/mol. The normalized spacial score (nSPS) is 10.3. The Kier molecular flexibility index (Phi) is 7.46. The van der Waals surface area contributed by atoms with Crippen molar-refractivity contribution < 1.29 is 23.7 Å². The van der Waals surface area contributed by atoms with Crippen molar-refractivity contribution in [2.24, 2.45) is 0 Å². The van der Waals surface area contributed by atoms with Gasteiger partial charge in [0.15, 0.2) is 0 Å². The summed E-state index contributed by atoms with van der Waals surface area (Å²) in [6.07, 6.45) is 0.630. The van der Waals surface area contributed by atoms with Gasteiger partial charge in [-0.2, -0.15) is 0 Å². The predicted octanol–water partition coefficient (Wildman–Crippen LogP) is 1.49. The molecule has 0 heterocycles. The third-order valence-corrected chi connectivity index (χ3v) is 2.58.